The molecular weight excluding hydrogens is 294 g/mol. The van der Waals surface area contributed by atoms with E-state index in [-0.39, 0.29) is 24.3 Å². The van der Waals surface area contributed by atoms with Gasteiger partial charge >= 0.3 is 6.09 Å². The standard InChI is InChI=1S/C17H25N3O3/c1-17(2,3)23-16(21)20-13-12-6-9-22-15(12)14(13)19-10-11-4-7-18-8-5-11/h4-5,7-8,12-15,19H,6,9-10H2,1-3H3,(H,20,21). The van der Waals surface area contributed by atoms with E-state index in [4.69, 9.17) is 9.47 Å². The number of fused-ring (bicyclic) bond motifs is 1. The molecule has 126 valence electrons. The zero-order chi connectivity index (χ0) is 16.4. The molecule has 6 heteroatoms. The normalized spacial score (nSPS) is 29.5. The Balaban J connectivity index is 1.58. The summed E-state index contributed by atoms with van der Waals surface area (Å²) in [5.41, 5.74) is 0.678. The highest BCUT2D eigenvalue weighted by atomic mass is 16.6. The maximum absolute atomic E-state index is 12.1. The lowest BCUT2D eigenvalue weighted by Gasteiger charge is -2.48. The van der Waals surface area contributed by atoms with Crippen LogP contribution in [0.25, 0.3) is 0 Å². The molecule has 2 fully saturated rings. The molecule has 2 aliphatic rings. The zero-order valence-electron chi connectivity index (χ0n) is 13.9. The lowest BCUT2D eigenvalue weighted by Crippen LogP contribution is -2.70. The predicted molar refractivity (Wildman–Crippen MR) is 85.9 cm³/mol. The maximum Gasteiger partial charge on any atom is 0.407 e. The molecule has 1 saturated heterocycles. The Morgan fingerprint density at radius 3 is 2.78 bits per heavy atom. The Bertz CT molecular complexity index is 544. The van der Waals surface area contributed by atoms with Crippen molar-refractivity contribution in [2.45, 2.75) is 57.5 Å². The summed E-state index contributed by atoms with van der Waals surface area (Å²) in [6, 6.07) is 4.13. The molecule has 0 aromatic carbocycles. The largest absolute Gasteiger partial charge is 0.444 e. The van der Waals surface area contributed by atoms with Gasteiger partial charge in [0, 0.05) is 31.5 Å². The van der Waals surface area contributed by atoms with Crippen molar-refractivity contribution in [3.63, 3.8) is 0 Å². The maximum atomic E-state index is 12.1. The minimum atomic E-state index is -0.487. The van der Waals surface area contributed by atoms with Gasteiger partial charge in [-0.2, -0.15) is 0 Å². The number of amides is 1. The van der Waals surface area contributed by atoms with E-state index < -0.39 is 5.60 Å². The molecule has 0 bridgehead atoms. The van der Waals surface area contributed by atoms with Crippen LogP contribution in [0.2, 0.25) is 0 Å². The number of hydrogen-bond acceptors (Lipinski definition) is 5. The molecule has 23 heavy (non-hydrogen) atoms. The molecule has 3 rings (SSSR count). The van der Waals surface area contributed by atoms with Crippen molar-refractivity contribution in [3.8, 4) is 0 Å². The van der Waals surface area contributed by atoms with E-state index >= 15 is 0 Å². The number of carbonyl (C=O) groups is 1. The van der Waals surface area contributed by atoms with Crippen LogP contribution >= 0.6 is 0 Å². The fraction of sp³-hybridized carbons (Fsp3) is 0.647. The molecule has 2 N–H and O–H groups in total. The number of carbonyl (C=O) groups excluding carboxylic acids is 1. The highest BCUT2D eigenvalue weighted by molar-refractivity contribution is 5.68. The zero-order valence-corrected chi connectivity index (χ0v) is 13.9. The van der Waals surface area contributed by atoms with Crippen LogP contribution in [0.1, 0.15) is 32.8 Å². The van der Waals surface area contributed by atoms with Gasteiger partial charge in [-0.05, 0) is 44.9 Å². The van der Waals surface area contributed by atoms with E-state index in [2.05, 4.69) is 15.6 Å². The van der Waals surface area contributed by atoms with Crippen molar-refractivity contribution < 1.29 is 14.3 Å². The number of alkyl carbamates (subject to hydrolysis) is 1. The number of aromatic nitrogens is 1. The second-order valence-corrected chi connectivity index (χ2v) is 7.22. The summed E-state index contributed by atoms with van der Waals surface area (Å²) in [7, 11) is 0. The smallest absolute Gasteiger partial charge is 0.407 e. The van der Waals surface area contributed by atoms with E-state index in [9.17, 15) is 4.79 Å². The van der Waals surface area contributed by atoms with Gasteiger partial charge in [-0.15, -0.1) is 0 Å². The predicted octanol–water partition coefficient (Wildman–Crippen LogP) is 1.85. The number of hydrogen-bond donors (Lipinski definition) is 2. The van der Waals surface area contributed by atoms with Gasteiger partial charge in [0.25, 0.3) is 0 Å². The third-order valence-corrected chi connectivity index (χ3v) is 4.36. The van der Waals surface area contributed by atoms with E-state index in [1.54, 1.807) is 12.4 Å². The first-order valence-corrected chi connectivity index (χ1v) is 8.17. The second kappa shape index (κ2) is 6.45. The first kappa shape index (κ1) is 16.2. The van der Waals surface area contributed by atoms with Crippen LogP contribution in [0.15, 0.2) is 24.5 Å². The molecule has 0 radical (unpaired) electrons. The Labute approximate surface area is 137 Å². The Kier molecular flexibility index (Phi) is 4.55. The minimum absolute atomic E-state index is 0.0548. The molecule has 6 nitrogen and oxygen atoms in total. The fourth-order valence-electron chi connectivity index (χ4n) is 3.33. The van der Waals surface area contributed by atoms with Gasteiger partial charge in [0.15, 0.2) is 0 Å². The first-order chi connectivity index (χ1) is 10.9. The summed E-state index contributed by atoms with van der Waals surface area (Å²) in [4.78, 5) is 16.1. The van der Waals surface area contributed by atoms with E-state index in [0.29, 0.717) is 5.92 Å². The Morgan fingerprint density at radius 1 is 1.35 bits per heavy atom. The van der Waals surface area contributed by atoms with E-state index in [1.165, 1.54) is 0 Å². The summed E-state index contributed by atoms with van der Waals surface area (Å²) >= 11 is 0. The molecule has 2 heterocycles. The molecular formula is C17H25N3O3. The number of rotatable bonds is 4. The monoisotopic (exact) mass is 319 g/mol. The molecule has 1 saturated carbocycles. The molecule has 0 spiro atoms. The molecule has 4 unspecified atom stereocenters. The van der Waals surface area contributed by atoms with Gasteiger partial charge in [-0.25, -0.2) is 4.79 Å². The van der Waals surface area contributed by atoms with Gasteiger partial charge in [-0.1, -0.05) is 0 Å². The molecule has 1 amide bonds. The highest BCUT2D eigenvalue weighted by Crippen LogP contribution is 2.39. The first-order valence-electron chi connectivity index (χ1n) is 8.17. The SMILES string of the molecule is CC(C)(C)OC(=O)NC1C2CCOC2C1NCc1ccncc1. The fourth-order valence-corrected chi connectivity index (χ4v) is 3.33. The van der Waals surface area contributed by atoms with Crippen LogP contribution in [0.4, 0.5) is 4.79 Å². The third kappa shape index (κ3) is 3.82. The van der Waals surface area contributed by atoms with Crippen LogP contribution in [0.5, 0.6) is 0 Å². The number of ether oxygens (including phenoxy) is 2. The third-order valence-electron chi connectivity index (χ3n) is 4.36. The van der Waals surface area contributed by atoms with Crippen molar-refractivity contribution in [1.29, 1.82) is 0 Å². The average molecular weight is 319 g/mol. The number of nitrogens with one attached hydrogen (secondary N) is 2. The van der Waals surface area contributed by atoms with Crippen molar-refractivity contribution >= 4 is 6.09 Å². The van der Waals surface area contributed by atoms with E-state index in [1.807, 2.05) is 32.9 Å². The van der Waals surface area contributed by atoms with E-state index in [0.717, 1.165) is 25.1 Å². The molecule has 1 aromatic heterocycles. The Morgan fingerprint density at radius 2 is 2.09 bits per heavy atom. The van der Waals surface area contributed by atoms with Crippen molar-refractivity contribution in [3.05, 3.63) is 30.1 Å². The van der Waals surface area contributed by atoms with Crippen LogP contribution < -0.4 is 10.6 Å². The molecule has 1 aromatic rings. The second-order valence-electron chi connectivity index (χ2n) is 7.22. The van der Waals surface area contributed by atoms with Gasteiger partial charge in [0.1, 0.15) is 5.60 Å². The van der Waals surface area contributed by atoms with Crippen LogP contribution in [-0.4, -0.2) is 41.5 Å². The van der Waals surface area contributed by atoms with Gasteiger partial charge in [0.2, 0.25) is 0 Å². The van der Waals surface area contributed by atoms with Gasteiger partial charge < -0.3 is 20.1 Å². The van der Waals surface area contributed by atoms with Crippen LogP contribution in [0.3, 0.4) is 0 Å². The Hall–Kier alpha value is -1.66. The van der Waals surface area contributed by atoms with Crippen molar-refractivity contribution in [2.24, 2.45) is 5.92 Å². The summed E-state index contributed by atoms with van der Waals surface area (Å²) in [6.45, 7) is 7.09. The number of pyridine rings is 1. The highest BCUT2D eigenvalue weighted by Gasteiger charge is 2.54. The summed E-state index contributed by atoms with van der Waals surface area (Å²) in [5, 5.41) is 6.52. The topological polar surface area (TPSA) is 72.5 Å². The van der Waals surface area contributed by atoms with Gasteiger partial charge in [0.05, 0.1) is 18.2 Å². The van der Waals surface area contributed by atoms with Crippen molar-refractivity contribution in [1.82, 2.24) is 15.6 Å². The lowest BCUT2D eigenvalue weighted by atomic mass is 9.71. The molecule has 1 aliphatic carbocycles. The van der Waals surface area contributed by atoms with Crippen LogP contribution in [-0.2, 0) is 16.0 Å². The quantitative estimate of drug-likeness (QED) is 0.886. The average Bonchev–Trinajstić information content (AvgIpc) is 2.89. The summed E-state index contributed by atoms with van der Waals surface area (Å²) < 4.78 is 11.2. The van der Waals surface area contributed by atoms with Gasteiger partial charge in [-0.3, -0.25) is 4.98 Å². The van der Waals surface area contributed by atoms with Crippen LogP contribution in [0, 0.1) is 5.92 Å². The molecule has 1 aliphatic heterocycles. The molecule has 4 atom stereocenters. The number of nitrogens with zero attached hydrogens (tertiary/aromatic N) is 1. The summed E-state index contributed by atoms with van der Waals surface area (Å²) in [5.74, 6) is 0.373. The lowest BCUT2D eigenvalue weighted by molar-refractivity contribution is -0.0344. The summed E-state index contributed by atoms with van der Waals surface area (Å²) in [6.07, 6.45) is 4.37. The van der Waals surface area contributed by atoms with Crippen molar-refractivity contribution in [2.75, 3.05) is 6.61 Å². The minimum Gasteiger partial charge on any atom is -0.444 e.